The van der Waals surface area contributed by atoms with E-state index in [1.165, 1.54) is 42.5 Å². The molecule has 158 valence electrons. The predicted molar refractivity (Wildman–Crippen MR) is 107 cm³/mol. The SMILES string of the molecule is O=C1COc2ccc(C(=O)COC(=O)CCNS(=O)(=O)c3ccc(Cl)cc3)cc2N1. The Bertz CT molecular complexity index is 1080. The molecule has 3 rings (SSSR count). The quantitative estimate of drug-likeness (QED) is 0.461. The van der Waals surface area contributed by atoms with Crippen molar-refractivity contribution in [1.29, 1.82) is 0 Å². The molecule has 2 aromatic rings. The van der Waals surface area contributed by atoms with Crippen molar-refractivity contribution in [2.24, 2.45) is 0 Å². The molecule has 30 heavy (non-hydrogen) atoms. The van der Waals surface area contributed by atoms with E-state index in [1.807, 2.05) is 0 Å². The first-order chi connectivity index (χ1) is 14.2. The second-order valence-corrected chi connectivity index (χ2v) is 8.44. The summed E-state index contributed by atoms with van der Waals surface area (Å²) in [6, 6.07) is 10.0. The van der Waals surface area contributed by atoms with Gasteiger partial charge in [0.25, 0.3) is 5.91 Å². The van der Waals surface area contributed by atoms with Gasteiger partial charge < -0.3 is 14.8 Å². The van der Waals surface area contributed by atoms with Crippen LogP contribution in [-0.4, -0.2) is 45.8 Å². The van der Waals surface area contributed by atoms with Crippen LogP contribution in [0.4, 0.5) is 5.69 Å². The van der Waals surface area contributed by atoms with E-state index in [9.17, 15) is 22.8 Å². The number of hydrogen-bond acceptors (Lipinski definition) is 7. The zero-order valence-electron chi connectivity index (χ0n) is 15.5. The molecule has 1 aliphatic heterocycles. The zero-order chi connectivity index (χ0) is 21.7. The molecule has 0 radical (unpaired) electrons. The van der Waals surface area contributed by atoms with Gasteiger partial charge >= 0.3 is 5.97 Å². The van der Waals surface area contributed by atoms with Crippen LogP contribution in [0.1, 0.15) is 16.8 Å². The van der Waals surface area contributed by atoms with E-state index in [0.717, 1.165) is 0 Å². The number of carbonyl (C=O) groups is 3. The second-order valence-electron chi connectivity index (χ2n) is 6.23. The predicted octanol–water partition coefficient (Wildman–Crippen LogP) is 1.77. The molecule has 0 aromatic heterocycles. The molecule has 0 spiro atoms. The Kier molecular flexibility index (Phi) is 6.70. The normalized spacial score (nSPS) is 13.0. The van der Waals surface area contributed by atoms with Crippen molar-refractivity contribution in [3.63, 3.8) is 0 Å². The van der Waals surface area contributed by atoms with Crippen molar-refractivity contribution in [3.05, 3.63) is 53.1 Å². The van der Waals surface area contributed by atoms with Crippen molar-refractivity contribution in [1.82, 2.24) is 4.72 Å². The molecule has 0 atom stereocenters. The highest BCUT2D eigenvalue weighted by atomic mass is 35.5. The molecule has 0 fully saturated rings. The number of sulfonamides is 1. The van der Waals surface area contributed by atoms with Crippen molar-refractivity contribution < 1.29 is 32.3 Å². The fraction of sp³-hybridized carbons (Fsp3) is 0.211. The van der Waals surface area contributed by atoms with Gasteiger partial charge in [-0.25, -0.2) is 13.1 Å². The number of esters is 1. The second kappa shape index (κ2) is 9.24. The summed E-state index contributed by atoms with van der Waals surface area (Å²) in [5.74, 6) is -1.11. The number of anilines is 1. The number of nitrogens with one attached hydrogen (secondary N) is 2. The van der Waals surface area contributed by atoms with E-state index < -0.39 is 28.4 Å². The molecule has 0 saturated carbocycles. The van der Waals surface area contributed by atoms with Gasteiger partial charge in [-0.2, -0.15) is 0 Å². The van der Waals surface area contributed by atoms with Crippen LogP contribution >= 0.6 is 11.6 Å². The van der Waals surface area contributed by atoms with E-state index in [1.54, 1.807) is 0 Å². The summed E-state index contributed by atoms with van der Waals surface area (Å²) in [4.78, 5) is 35.4. The lowest BCUT2D eigenvalue weighted by Gasteiger charge is -2.18. The summed E-state index contributed by atoms with van der Waals surface area (Å²) in [5.41, 5.74) is 0.593. The number of ether oxygens (including phenoxy) is 2. The number of amides is 1. The van der Waals surface area contributed by atoms with E-state index in [0.29, 0.717) is 16.5 Å². The molecule has 0 unspecified atom stereocenters. The summed E-state index contributed by atoms with van der Waals surface area (Å²) in [6.07, 6.45) is -0.256. The summed E-state index contributed by atoms with van der Waals surface area (Å²) in [6.45, 7) is -0.809. The largest absolute Gasteiger partial charge is 0.482 e. The number of halogens is 1. The van der Waals surface area contributed by atoms with Gasteiger partial charge in [-0.05, 0) is 42.5 Å². The highest BCUT2D eigenvalue weighted by Gasteiger charge is 2.19. The third-order valence-corrected chi connectivity index (χ3v) is 5.77. The van der Waals surface area contributed by atoms with E-state index in [4.69, 9.17) is 21.1 Å². The first-order valence-electron chi connectivity index (χ1n) is 8.75. The Morgan fingerprint density at radius 3 is 2.63 bits per heavy atom. The first-order valence-corrected chi connectivity index (χ1v) is 10.6. The van der Waals surface area contributed by atoms with Crippen LogP contribution in [-0.2, 0) is 24.3 Å². The minimum atomic E-state index is -3.79. The Balaban J connectivity index is 1.46. The monoisotopic (exact) mass is 452 g/mol. The fourth-order valence-electron chi connectivity index (χ4n) is 2.54. The first kappa shape index (κ1) is 21.8. The number of rotatable bonds is 8. The van der Waals surface area contributed by atoms with Gasteiger partial charge in [0, 0.05) is 17.1 Å². The van der Waals surface area contributed by atoms with Gasteiger partial charge in [-0.3, -0.25) is 14.4 Å². The molecular weight excluding hydrogens is 436 g/mol. The van der Waals surface area contributed by atoms with E-state index in [-0.39, 0.29) is 35.9 Å². The van der Waals surface area contributed by atoms with E-state index >= 15 is 0 Å². The average Bonchev–Trinajstić information content (AvgIpc) is 2.71. The summed E-state index contributed by atoms with van der Waals surface area (Å²) < 4.78 is 36.6. The van der Waals surface area contributed by atoms with E-state index in [2.05, 4.69) is 10.0 Å². The molecule has 1 aliphatic rings. The maximum Gasteiger partial charge on any atom is 0.307 e. The lowest BCUT2D eigenvalue weighted by molar-refractivity contribution is -0.142. The highest BCUT2D eigenvalue weighted by Crippen LogP contribution is 2.28. The molecule has 0 aliphatic carbocycles. The number of hydrogen-bond donors (Lipinski definition) is 2. The molecule has 0 saturated heterocycles. The third kappa shape index (κ3) is 5.56. The van der Waals surface area contributed by atoms with Crippen molar-refractivity contribution >= 4 is 45.0 Å². The number of carbonyl (C=O) groups excluding carboxylic acids is 3. The smallest absolute Gasteiger partial charge is 0.307 e. The van der Waals surface area contributed by atoms with Gasteiger partial charge in [0.1, 0.15) is 5.75 Å². The standard InChI is InChI=1S/C19H17ClN2O7S/c20-13-2-4-14(5-3-13)30(26,27)21-8-7-19(25)29-10-16(23)12-1-6-17-15(9-12)22-18(24)11-28-17/h1-6,9,21H,7-8,10-11H2,(H,22,24). The van der Waals surface area contributed by atoms with Crippen molar-refractivity contribution in [3.8, 4) is 5.75 Å². The summed E-state index contributed by atoms with van der Waals surface area (Å²) >= 11 is 5.72. The van der Waals surface area contributed by atoms with Crippen LogP contribution in [0.3, 0.4) is 0 Å². The van der Waals surface area contributed by atoms with Crippen LogP contribution in [0.5, 0.6) is 5.75 Å². The summed E-state index contributed by atoms with van der Waals surface area (Å²) in [7, 11) is -3.79. The molecule has 9 nitrogen and oxygen atoms in total. The molecule has 1 amide bonds. The topological polar surface area (TPSA) is 128 Å². The van der Waals surface area contributed by atoms with Gasteiger partial charge in [0.2, 0.25) is 10.0 Å². The Labute approximate surface area is 177 Å². The van der Waals surface area contributed by atoms with Gasteiger partial charge in [-0.15, -0.1) is 0 Å². The van der Waals surface area contributed by atoms with Crippen LogP contribution < -0.4 is 14.8 Å². The highest BCUT2D eigenvalue weighted by molar-refractivity contribution is 7.89. The van der Waals surface area contributed by atoms with Gasteiger partial charge in [-0.1, -0.05) is 11.6 Å². The molecule has 0 bridgehead atoms. The van der Waals surface area contributed by atoms with Gasteiger partial charge in [0.15, 0.2) is 19.0 Å². The minimum Gasteiger partial charge on any atom is -0.482 e. The zero-order valence-corrected chi connectivity index (χ0v) is 17.1. The van der Waals surface area contributed by atoms with Crippen molar-refractivity contribution in [2.75, 3.05) is 25.1 Å². The summed E-state index contributed by atoms with van der Waals surface area (Å²) in [5, 5.41) is 2.98. The lowest BCUT2D eigenvalue weighted by Crippen LogP contribution is -2.27. The van der Waals surface area contributed by atoms with Gasteiger partial charge in [0.05, 0.1) is 17.0 Å². The Morgan fingerprint density at radius 2 is 1.90 bits per heavy atom. The number of Topliss-reactive ketones (excluding diaryl/α,β-unsaturated/α-hetero) is 1. The molecule has 2 N–H and O–H groups in total. The number of ketones is 1. The Morgan fingerprint density at radius 1 is 1.17 bits per heavy atom. The van der Waals surface area contributed by atoms with Crippen LogP contribution in [0.2, 0.25) is 5.02 Å². The van der Waals surface area contributed by atoms with Crippen molar-refractivity contribution in [2.45, 2.75) is 11.3 Å². The third-order valence-electron chi connectivity index (χ3n) is 4.04. The number of benzene rings is 2. The van der Waals surface area contributed by atoms with Crippen LogP contribution in [0.15, 0.2) is 47.4 Å². The maximum atomic E-state index is 12.2. The number of fused-ring (bicyclic) bond motifs is 1. The fourth-order valence-corrected chi connectivity index (χ4v) is 3.70. The molecule has 2 aromatic carbocycles. The molecule has 1 heterocycles. The lowest BCUT2D eigenvalue weighted by atomic mass is 10.1. The average molecular weight is 453 g/mol. The molecular formula is C19H17ClN2O7S. The minimum absolute atomic E-state index is 0.0129. The van der Waals surface area contributed by atoms with Crippen LogP contribution in [0.25, 0.3) is 0 Å². The van der Waals surface area contributed by atoms with Crippen LogP contribution in [0, 0.1) is 0 Å². The Hall–Kier alpha value is -2.95. The maximum absolute atomic E-state index is 12.2. The molecule has 11 heteroatoms.